The molecule has 2 heterocycles. The van der Waals surface area contributed by atoms with Crippen molar-refractivity contribution in [2.24, 2.45) is 0 Å². The molecule has 2 amide bonds. The van der Waals surface area contributed by atoms with Crippen LogP contribution in [-0.4, -0.2) is 47.6 Å². The minimum Gasteiger partial charge on any atom is -0.493 e. The lowest BCUT2D eigenvalue weighted by Crippen LogP contribution is -2.58. The van der Waals surface area contributed by atoms with Gasteiger partial charge in [-0.2, -0.15) is 0 Å². The van der Waals surface area contributed by atoms with Crippen LogP contribution in [0.1, 0.15) is 20.8 Å². The van der Waals surface area contributed by atoms with Gasteiger partial charge in [0, 0.05) is 17.8 Å². The van der Waals surface area contributed by atoms with Crippen LogP contribution in [0.4, 0.5) is 17.3 Å². The molecule has 0 spiro atoms. The predicted octanol–water partition coefficient (Wildman–Crippen LogP) is 2.54. The molecule has 0 bridgehead atoms. The minimum absolute atomic E-state index is 0.0894. The highest BCUT2D eigenvalue weighted by molar-refractivity contribution is 6.08. The van der Waals surface area contributed by atoms with E-state index in [0.29, 0.717) is 17.2 Å². The van der Waals surface area contributed by atoms with Gasteiger partial charge in [-0.1, -0.05) is 0 Å². The Labute approximate surface area is 178 Å². The Bertz CT molecular complexity index is 1050. The Morgan fingerprint density at radius 3 is 2.52 bits per heavy atom. The average Bonchev–Trinajstić information content (AvgIpc) is 2.73. The molecule has 164 valence electrons. The van der Waals surface area contributed by atoms with Gasteiger partial charge in [-0.05, 0) is 48.9 Å². The molecule has 1 aliphatic heterocycles. The molecule has 0 saturated carbocycles. The summed E-state index contributed by atoms with van der Waals surface area (Å²) in [6, 6.07) is 6.32. The van der Waals surface area contributed by atoms with E-state index < -0.39 is 34.2 Å². The molecular weight excluding hydrogens is 408 g/mol. The fourth-order valence-electron chi connectivity index (χ4n) is 3.12. The maximum absolute atomic E-state index is 13.0. The Hall–Kier alpha value is -3.89. The van der Waals surface area contributed by atoms with Gasteiger partial charge in [-0.25, -0.2) is 0 Å². The highest BCUT2D eigenvalue weighted by Gasteiger charge is 2.47. The molecule has 3 rings (SSSR count). The number of carbonyl (C=O) groups excluding carboxylic acids is 2. The van der Waals surface area contributed by atoms with Gasteiger partial charge in [0.25, 0.3) is 11.7 Å². The van der Waals surface area contributed by atoms with Crippen molar-refractivity contribution in [2.45, 2.75) is 32.4 Å². The van der Waals surface area contributed by atoms with Crippen molar-refractivity contribution in [1.29, 1.82) is 0 Å². The third-order valence-electron chi connectivity index (χ3n) is 4.76. The number of hydrogen-bond acceptors (Lipinski definition) is 8. The summed E-state index contributed by atoms with van der Waals surface area (Å²) in [4.78, 5) is 41.5. The number of fused-ring (bicyclic) bond motifs is 1. The molecule has 1 N–H and O–H groups in total. The summed E-state index contributed by atoms with van der Waals surface area (Å²) in [5, 5.41) is 13.9. The topological polar surface area (TPSA) is 133 Å². The van der Waals surface area contributed by atoms with Crippen molar-refractivity contribution in [3.8, 4) is 17.2 Å². The summed E-state index contributed by atoms with van der Waals surface area (Å²) >= 11 is 0. The molecule has 0 fully saturated rings. The molecule has 0 radical (unpaired) electrons. The van der Waals surface area contributed by atoms with Gasteiger partial charge in [0.15, 0.2) is 22.8 Å². The van der Waals surface area contributed by atoms with Crippen LogP contribution in [0.15, 0.2) is 30.3 Å². The van der Waals surface area contributed by atoms with Crippen molar-refractivity contribution in [3.05, 3.63) is 40.4 Å². The number of methoxy groups -OCH3 is 2. The van der Waals surface area contributed by atoms with Gasteiger partial charge in [0.1, 0.15) is 6.04 Å². The molecule has 0 saturated heterocycles. The van der Waals surface area contributed by atoms with Gasteiger partial charge < -0.3 is 29.6 Å². The molecule has 1 aliphatic rings. The number of carbonyl (C=O) groups is 2. The summed E-state index contributed by atoms with van der Waals surface area (Å²) < 4.78 is 16.1. The summed E-state index contributed by atoms with van der Waals surface area (Å²) in [7, 11) is 2.96. The fourth-order valence-corrected chi connectivity index (χ4v) is 3.12. The smallest absolute Gasteiger partial charge is 0.366 e. The number of pyridine rings is 1. The molecule has 11 heteroatoms. The number of nitrogens with one attached hydrogen (secondary N) is 1. The lowest BCUT2D eigenvalue weighted by Gasteiger charge is -2.38. The standard InChI is InChI=1S/C20H22N4O7/c1-11(18(25)21-12-6-7-13(29-4)15(10-12)30-5)23-17-14(31-20(2,3)19(23)26)8-9-16(22-17)24(27)28/h6-11H,1-5H3,(H,21,25). The maximum atomic E-state index is 13.0. The summed E-state index contributed by atoms with van der Waals surface area (Å²) in [5.41, 5.74) is -0.871. The van der Waals surface area contributed by atoms with Crippen LogP contribution >= 0.6 is 0 Å². The predicted molar refractivity (Wildman–Crippen MR) is 111 cm³/mol. The Morgan fingerprint density at radius 1 is 1.23 bits per heavy atom. The number of rotatable bonds is 6. The van der Waals surface area contributed by atoms with Gasteiger partial charge in [0.2, 0.25) is 5.91 Å². The lowest BCUT2D eigenvalue weighted by atomic mass is 10.0. The van der Waals surface area contributed by atoms with Gasteiger partial charge in [0.05, 0.1) is 14.2 Å². The van der Waals surface area contributed by atoms with E-state index in [1.54, 1.807) is 32.0 Å². The fraction of sp³-hybridized carbons (Fsp3) is 0.350. The average molecular weight is 430 g/mol. The van der Waals surface area contributed by atoms with E-state index in [0.717, 1.165) is 4.90 Å². The number of nitro groups is 1. The first-order valence-corrected chi connectivity index (χ1v) is 9.30. The molecule has 1 aromatic carbocycles. The number of anilines is 2. The SMILES string of the molecule is COc1ccc(NC(=O)C(C)N2C(=O)C(C)(C)Oc3ccc([N+](=O)[O-])nc32)cc1OC. The molecule has 1 unspecified atom stereocenters. The highest BCUT2D eigenvalue weighted by atomic mass is 16.6. The zero-order chi connectivity index (χ0) is 22.9. The Balaban J connectivity index is 1.95. The summed E-state index contributed by atoms with van der Waals surface area (Å²) in [6.45, 7) is 4.59. The van der Waals surface area contributed by atoms with E-state index in [9.17, 15) is 19.7 Å². The second-order valence-electron chi connectivity index (χ2n) is 7.27. The third kappa shape index (κ3) is 4.06. The monoisotopic (exact) mass is 430 g/mol. The zero-order valence-corrected chi connectivity index (χ0v) is 17.7. The second-order valence-corrected chi connectivity index (χ2v) is 7.27. The number of amides is 2. The molecular formula is C20H22N4O7. The van der Waals surface area contributed by atoms with Crippen LogP contribution < -0.4 is 24.4 Å². The third-order valence-corrected chi connectivity index (χ3v) is 4.76. The van der Waals surface area contributed by atoms with E-state index in [1.807, 2.05) is 0 Å². The molecule has 2 aromatic rings. The summed E-state index contributed by atoms with van der Waals surface area (Å²) in [5.74, 6) is -0.564. The molecule has 31 heavy (non-hydrogen) atoms. The van der Waals surface area contributed by atoms with Crippen molar-refractivity contribution < 1.29 is 28.7 Å². The van der Waals surface area contributed by atoms with Crippen LogP contribution in [0.3, 0.4) is 0 Å². The largest absolute Gasteiger partial charge is 0.493 e. The van der Waals surface area contributed by atoms with E-state index in [1.165, 1.54) is 33.3 Å². The maximum Gasteiger partial charge on any atom is 0.366 e. The normalized spacial score (nSPS) is 15.4. The van der Waals surface area contributed by atoms with Crippen LogP contribution in [0.5, 0.6) is 17.2 Å². The van der Waals surface area contributed by atoms with Crippen molar-refractivity contribution in [3.63, 3.8) is 0 Å². The molecule has 1 aromatic heterocycles. The van der Waals surface area contributed by atoms with Crippen LogP contribution in [-0.2, 0) is 9.59 Å². The van der Waals surface area contributed by atoms with Crippen molar-refractivity contribution in [1.82, 2.24) is 4.98 Å². The van der Waals surface area contributed by atoms with Crippen LogP contribution in [0.25, 0.3) is 0 Å². The first kappa shape index (κ1) is 21.8. The number of ether oxygens (including phenoxy) is 3. The van der Waals surface area contributed by atoms with Crippen LogP contribution in [0.2, 0.25) is 0 Å². The number of hydrogen-bond donors (Lipinski definition) is 1. The quantitative estimate of drug-likeness (QED) is 0.546. The van der Waals surface area contributed by atoms with E-state index >= 15 is 0 Å². The lowest BCUT2D eigenvalue weighted by molar-refractivity contribution is -0.389. The summed E-state index contributed by atoms with van der Waals surface area (Å²) in [6.07, 6.45) is 0. The van der Waals surface area contributed by atoms with Crippen molar-refractivity contribution in [2.75, 3.05) is 24.4 Å². The minimum atomic E-state index is -1.29. The van der Waals surface area contributed by atoms with E-state index in [2.05, 4.69) is 10.3 Å². The molecule has 11 nitrogen and oxygen atoms in total. The van der Waals surface area contributed by atoms with Gasteiger partial charge in [-0.3, -0.25) is 14.5 Å². The molecule has 1 atom stereocenters. The first-order valence-electron chi connectivity index (χ1n) is 9.30. The Kier molecular flexibility index (Phi) is 5.69. The van der Waals surface area contributed by atoms with Gasteiger partial charge >= 0.3 is 5.82 Å². The zero-order valence-electron chi connectivity index (χ0n) is 17.7. The number of aromatic nitrogens is 1. The number of benzene rings is 1. The van der Waals surface area contributed by atoms with E-state index in [-0.39, 0.29) is 11.6 Å². The van der Waals surface area contributed by atoms with E-state index in [4.69, 9.17) is 14.2 Å². The second kappa shape index (κ2) is 8.09. The molecule has 0 aliphatic carbocycles. The van der Waals surface area contributed by atoms with Gasteiger partial charge in [-0.15, -0.1) is 0 Å². The van der Waals surface area contributed by atoms with Crippen molar-refractivity contribution >= 4 is 29.1 Å². The number of nitrogens with zero attached hydrogens (tertiary/aromatic N) is 3. The highest BCUT2D eigenvalue weighted by Crippen LogP contribution is 2.39. The Morgan fingerprint density at radius 2 is 1.90 bits per heavy atom. The van der Waals surface area contributed by atoms with Crippen LogP contribution in [0, 0.1) is 10.1 Å². The first-order chi connectivity index (χ1) is 14.6.